The van der Waals surface area contributed by atoms with Crippen molar-refractivity contribution in [2.45, 2.75) is 11.8 Å². The van der Waals surface area contributed by atoms with Crippen LogP contribution in [0.3, 0.4) is 0 Å². The van der Waals surface area contributed by atoms with Gasteiger partial charge in [0.25, 0.3) is 0 Å². The van der Waals surface area contributed by atoms with Gasteiger partial charge in [-0.05, 0) is 12.0 Å². The molecule has 0 amide bonds. The Labute approximate surface area is 91.8 Å². The standard InChI is InChI=1S/C12H10O4/c13-9(14)12-6-11(12,7-16-10(12)15)8-4-2-1-3-5-8/h1-5H,6-7H2,(H,13,14)/t11-,12-/m0/s1. The molecule has 1 aliphatic heterocycles. The van der Waals surface area contributed by atoms with E-state index in [1.807, 2.05) is 30.3 Å². The average molecular weight is 218 g/mol. The fraction of sp³-hybridized carbons (Fsp3) is 0.333. The third-order valence-corrected chi connectivity index (χ3v) is 3.75. The number of carbonyl (C=O) groups is 2. The van der Waals surface area contributed by atoms with Crippen molar-refractivity contribution >= 4 is 11.9 Å². The van der Waals surface area contributed by atoms with Crippen molar-refractivity contribution in [1.29, 1.82) is 0 Å². The first-order valence-corrected chi connectivity index (χ1v) is 5.10. The van der Waals surface area contributed by atoms with Gasteiger partial charge in [-0.1, -0.05) is 30.3 Å². The minimum Gasteiger partial charge on any atom is -0.480 e. The van der Waals surface area contributed by atoms with Crippen molar-refractivity contribution in [3.63, 3.8) is 0 Å². The van der Waals surface area contributed by atoms with E-state index in [4.69, 9.17) is 4.74 Å². The maximum atomic E-state index is 11.6. The molecule has 0 bridgehead atoms. The summed E-state index contributed by atoms with van der Waals surface area (Å²) in [5.41, 5.74) is -1.07. The van der Waals surface area contributed by atoms with Crippen molar-refractivity contribution in [2.75, 3.05) is 6.61 Å². The van der Waals surface area contributed by atoms with E-state index in [9.17, 15) is 14.7 Å². The molecule has 1 N–H and O–H groups in total. The Bertz CT molecular complexity index is 481. The molecule has 1 saturated heterocycles. The lowest BCUT2D eigenvalue weighted by atomic mass is 9.88. The number of fused-ring (bicyclic) bond motifs is 1. The van der Waals surface area contributed by atoms with E-state index in [-0.39, 0.29) is 6.61 Å². The maximum Gasteiger partial charge on any atom is 0.324 e. The quantitative estimate of drug-likeness (QED) is 0.593. The van der Waals surface area contributed by atoms with Gasteiger partial charge in [-0.2, -0.15) is 0 Å². The molecule has 2 fully saturated rings. The number of aliphatic carboxylic acids is 1. The van der Waals surface area contributed by atoms with Crippen LogP contribution in [-0.4, -0.2) is 23.7 Å². The molecule has 3 rings (SSSR count). The van der Waals surface area contributed by atoms with Crippen LogP contribution in [0.1, 0.15) is 12.0 Å². The molecular formula is C12H10O4. The maximum absolute atomic E-state index is 11.6. The van der Waals surface area contributed by atoms with E-state index in [1.165, 1.54) is 0 Å². The number of hydrogen-bond acceptors (Lipinski definition) is 3. The van der Waals surface area contributed by atoms with Crippen molar-refractivity contribution in [3.8, 4) is 0 Å². The normalized spacial score (nSPS) is 35.4. The number of ether oxygens (including phenoxy) is 1. The van der Waals surface area contributed by atoms with E-state index >= 15 is 0 Å². The van der Waals surface area contributed by atoms with Gasteiger partial charge in [-0.3, -0.25) is 9.59 Å². The van der Waals surface area contributed by atoms with Gasteiger partial charge in [-0.15, -0.1) is 0 Å². The zero-order valence-electron chi connectivity index (χ0n) is 8.47. The van der Waals surface area contributed by atoms with E-state index < -0.39 is 22.8 Å². The molecule has 2 atom stereocenters. The number of benzene rings is 1. The Kier molecular flexibility index (Phi) is 1.55. The first-order valence-electron chi connectivity index (χ1n) is 5.10. The summed E-state index contributed by atoms with van der Waals surface area (Å²) in [7, 11) is 0. The van der Waals surface area contributed by atoms with Gasteiger partial charge in [0.15, 0.2) is 5.41 Å². The van der Waals surface area contributed by atoms with Crippen LogP contribution in [0.4, 0.5) is 0 Å². The van der Waals surface area contributed by atoms with Crippen LogP contribution in [0, 0.1) is 5.41 Å². The average Bonchev–Trinajstić information content (AvgIpc) is 2.92. The molecule has 1 aromatic carbocycles. The molecule has 4 heteroatoms. The van der Waals surface area contributed by atoms with Crippen molar-refractivity contribution in [2.24, 2.45) is 5.41 Å². The number of hydrogen-bond donors (Lipinski definition) is 1. The van der Waals surface area contributed by atoms with Gasteiger partial charge in [0, 0.05) is 0 Å². The summed E-state index contributed by atoms with van der Waals surface area (Å²) in [6, 6.07) is 9.26. The van der Waals surface area contributed by atoms with E-state index in [2.05, 4.69) is 0 Å². The number of carbonyl (C=O) groups excluding carboxylic acids is 1. The summed E-state index contributed by atoms with van der Waals surface area (Å²) in [6.45, 7) is 0.183. The minimum absolute atomic E-state index is 0.183. The minimum atomic E-state index is -1.33. The van der Waals surface area contributed by atoms with Crippen LogP contribution in [-0.2, 0) is 19.7 Å². The number of rotatable bonds is 2. The lowest BCUT2D eigenvalue weighted by Gasteiger charge is -2.11. The highest BCUT2D eigenvalue weighted by molar-refractivity contribution is 6.07. The molecule has 0 radical (unpaired) electrons. The second kappa shape index (κ2) is 2.64. The van der Waals surface area contributed by atoms with Gasteiger partial charge in [-0.25, -0.2) is 0 Å². The third-order valence-electron chi connectivity index (χ3n) is 3.75. The number of esters is 1. The molecule has 2 aliphatic rings. The second-order valence-electron chi connectivity index (χ2n) is 4.41. The molecule has 0 aromatic heterocycles. The number of carboxylic acid groups (broad SMARTS) is 1. The summed E-state index contributed by atoms with van der Waals surface area (Å²) in [5, 5.41) is 9.21. The lowest BCUT2D eigenvalue weighted by Crippen LogP contribution is -2.28. The molecule has 82 valence electrons. The fourth-order valence-electron chi connectivity index (χ4n) is 2.72. The van der Waals surface area contributed by atoms with Crippen molar-refractivity contribution in [3.05, 3.63) is 35.9 Å². The van der Waals surface area contributed by atoms with Crippen molar-refractivity contribution in [1.82, 2.24) is 0 Å². The molecule has 1 saturated carbocycles. The van der Waals surface area contributed by atoms with Gasteiger partial charge in [0.2, 0.25) is 0 Å². The predicted octanol–water partition coefficient (Wildman–Crippen LogP) is 0.956. The SMILES string of the molecule is O=C(O)[C@]12C[C@@]1(c1ccccc1)COC2=O. The Morgan fingerprint density at radius 1 is 1.31 bits per heavy atom. The lowest BCUT2D eigenvalue weighted by molar-refractivity contribution is -0.156. The van der Waals surface area contributed by atoms with Gasteiger partial charge in [0.05, 0.1) is 5.41 Å². The Morgan fingerprint density at radius 2 is 2.00 bits per heavy atom. The molecule has 1 heterocycles. The summed E-state index contributed by atoms with van der Waals surface area (Å²) in [4.78, 5) is 22.8. The molecule has 0 unspecified atom stereocenters. The van der Waals surface area contributed by atoms with Crippen LogP contribution >= 0.6 is 0 Å². The molecule has 1 aromatic rings. The fourth-order valence-corrected chi connectivity index (χ4v) is 2.72. The van der Waals surface area contributed by atoms with Crippen LogP contribution in [0.25, 0.3) is 0 Å². The van der Waals surface area contributed by atoms with E-state index in [0.717, 1.165) is 5.56 Å². The van der Waals surface area contributed by atoms with Crippen molar-refractivity contribution < 1.29 is 19.4 Å². The van der Waals surface area contributed by atoms with Crippen LogP contribution in [0.15, 0.2) is 30.3 Å². The van der Waals surface area contributed by atoms with Gasteiger partial charge >= 0.3 is 11.9 Å². The van der Waals surface area contributed by atoms with Gasteiger partial charge < -0.3 is 9.84 Å². The summed E-state index contributed by atoms with van der Waals surface area (Å²) >= 11 is 0. The second-order valence-corrected chi connectivity index (χ2v) is 4.41. The molecule has 1 aliphatic carbocycles. The smallest absolute Gasteiger partial charge is 0.324 e. The van der Waals surface area contributed by atoms with E-state index in [1.54, 1.807) is 0 Å². The topological polar surface area (TPSA) is 63.6 Å². The molecule has 16 heavy (non-hydrogen) atoms. The van der Waals surface area contributed by atoms with E-state index in [0.29, 0.717) is 6.42 Å². The number of carboxylic acids is 1. The highest BCUT2D eigenvalue weighted by atomic mass is 16.5. The largest absolute Gasteiger partial charge is 0.480 e. The first-order chi connectivity index (χ1) is 7.63. The monoisotopic (exact) mass is 218 g/mol. The Balaban J connectivity index is 2.11. The molecule has 0 spiro atoms. The number of cyclic esters (lactones) is 1. The summed E-state index contributed by atoms with van der Waals surface area (Å²) in [6.07, 6.45) is 0.359. The summed E-state index contributed by atoms with van der Waals surface area (Å²) < 4.78 is 4.92. The van der Waals surface area contributed by atoms with Crippen LogP contribution < -0.4 is 0 Å². The third kappa shape index (κ3) is 0.813. The molecular weight excluding hydrogens is 208 g/mol. The first kappa shape index (κ1) is 9.39. The van der Waals surface area contributed by atoms with Crippen LogP contribution in [0.5, 0.6) is 0 Å². The zero-order chi connectivity index (χ0) is 11.4. The Hall–Kier alpha value is -1.84. The highest BCUT2D eigenvalue weighted by Crippen LogP contribution is 2.69. The highest BCUT2D eigenvalue weighted by Gasteiger charge is 2.82. The summed E-state index contributed by atoms with van der Waals surface area (Å²) in [5.74, 6) is -1.66. The van der Waals surface area contributed by atoms with Gasteiger partial charge in [0.1, 0.15) is 6.61 Å². The van der Waals surface area contributed by atoms with Crippen LogP contribution in [0.2, 0.25) is 0 Å². The predicted molar refractivity (Wildman–Crippen MR) is 53.8 cm³/mol. The Morgan fingerprint density at radius 3 is 2.56 bits per heavy atom. The zero-order valence-corrected chi connectivity index (χ0v) is 8.47. The molecule has 4 nitrogen and oxygen atoms in total.